The van der Waals surface area contributed by atoms with E-state index in [9.17, 15) is 0 Å². The maximum atomic E-state index is 18.0. The number of hydrogen-bond donors (Lipinski definition) is 0. The lowest BCUT2D eigenvalue weighted by atomic mass is 9.91. The fourth-order valence-electron chi connectivity index (χ4n) is 12.5. The van der Waals surface area contributed by atoms with E-state index in [2.05, 4.69) is 196 Å². The molecule has 0 radical (unpaired) electrons. The van der Waals surface area contributed by atoms with Gasteiger partial charge in [-0.3, -0.25) is 0 Å². The smallest absolute Gasteiger partial charge is 0.155 e. The molecule has 0 aliphatic carbocycles. The van der Waals surface area contributed by atoms with Crippen LogP contribution in [-0.2, 0) is 0 Å². The molecule has 1 heterocycles. The molecule has 12 aromatic rings. The van der Waals surface area contributed by atoms with Gasteiger partial charge in [-0.1, -0.05) is 239 Å². The highest BCUT2D eigenvalue weighted by Crippen LogP contribution is 2.47. The van der Waals surface area contributed by atoms with E-state index in [4.69, 9.17) is 0 Å². The second-order valence-electron chi connectivity index (χ2n) is 24.9. The summed E-state index contributed by atoms with van der Waals surface area (Å²) in [6.07, 6.45) is 0. The normalized spacial score (nSPS) is 12.8. The first-order valence-corrected chi connectivity index (χ1v) is 38.9. The first-order valence-electron chi connectivity index (χ1n) is 28.9. The highest BCUT2D eigenvalue weighted by atomic mass is 28.3. The number of halogens is 2. The van der Waals surface area contributed by atoms with E-state index in [1.54, 1.807) is 0 Å². The van der Waals surface area contributed by atoms with Crippen molar-refractivity contribution in [2.45, 2.75) is 52.4 Å². The SMILES string of the molecule is C[Si](C)(C)c1ccc(N(c2ccc3c(c2)[Si](C)(C)c2cccc4c2c-3cc2ccc(N(c3ccc([Si](C)(C)C)cc3)c3cc(-c5ccccc5)cc(-c5ccccc5)c3F)cc24)c2cc(-c3ccccc3)cc(-c3ccccc3)c2F)cc1. The molecule has 1 aliphatic heterocycles. The van der Waals surface area contributed by atoms with Crippen molar-refractivity contribution in [3.05, 3.63) is 266 Å². The van der Waals surface area contributed by atoms with Crippen molar-refractivity contribution in [1.29, 1.82) is 0 Å². The van der Waals surface area contributed by atoms with Gasteiger partial charge in [0.1, 0.15) is 8.07 Å². The van der Waals surface area contributed by atoms with Crippen LogP contribution in [0.1, 0.15) is 0 Å². The van der Waals surface area contributed by atoms with E-state index in [1.807, 2.05) is 121 Å². The maximum absolute atomic E-state index is 18.0. The minimum atomic E-state index is -2.52. The summed E-state index contributed by atoms with van der Waals surface area (Å²) in [5.41, 5.74) is 13.6. The molecule has 2 nitrogen and oxygen atoms in total. The molecule has 0 saturated heterocycles. The molecule has 0 spiro atoms. The van der Waals surface area contributed by atoms with Gasteiger partial charge < -0.3 is 9.80 Å². The summed E-state index contributed by atoms with van der Waals surface area (Å²) in [5, 5.41) is 9.97. The van der Waals surface area contributed by atoms with E-state index in [1.165, 1.54) is 42.6 Å². The Labute approximate surface area is 490 Å². The summed E-state index contributed by atoms with van der Waals surface area (Å²) in [5.74, 6) is -0.554. The number of rotatable bonds is 12. The molecule has 0 bridgehead atoms. The minimum Gasteiger partial charge on any atom is -0.308 e. The fraction of sp³-hybridized carbons (Fsp3) is 0.105. The van der Waals surface area contributed by atoms with E-state index < -0.39 is 24.2 Å². The predicted molar refractivity (Wildman–Crippen MR) is 361 cm³/mol. The highest BCUT2D eigenvalue weighted by Gasteiger charge is 2.37. The standard InChI is InChI=1S/C76H66F2N2Si3/c1-81(2,3)62-39-34-58(35-40-62)79(70-47-56(51-22-13-9-14-23-51)45-67(75(70)77)53-26-17-11-18-27-53)60-33-32-55-44-69-64-43-38-61(50-73(64)83(7,8)72-31-21-30-65(74(69)72)66(55)49-60)80(59-36-41-63(42-37-59)82(4,5)6)71-48-57(52-24-15-10-16-25-52)46-68(76(71)78)54-28-19-12-20-29-54/h9-50H,1-8H3. The monoisotopic (exact) mass is 1130 g/mol. The largest absolute Gasteiger partial charge is 0.308 e. The summed E-state index contributed by atoms with van der Waals surface area (Å²) in [7, 11) is -5.85. The average Bonchev–Trinajstić information content (AvgIpc) is 1.69. The van der Waals surface area contributed by atoms with Crippen LogP contribution in [0, 0.1) is 11.6 Å². The molecule has 0 saturated carbocycles. The summed E-state index contributed by atoms with van der Waals surface area (Å²) >= 11 is 0. The van der Waals surface area contributed by atoms with Crippen LogP contribution in [0.15, 0.2) is 255 Å². The molecular weight excluding hydrogens is 1060 g/mol. The van der Waals surface area contributed by atoms with Gasteiger partial charge in [-0.25, -0.2) is 8.78 Å². The van der Waals surface area contributed by atoms with E-state index >= 15 is 8.78 Å². The number of hydrogen-bond acceptors (Lipinski definition) is 2. The first-order chi connectivity index (χ1) is 40.0. The van der Waals surface area contributed by atoms with Gasteiger partial charge in [0.25, 0.3) is 0 Å². The van der Waals surface area contributed by atoms with Crippen LogP contribution in [0.2, 0.25) is 52.4 Å². The lowest BCUT2D eigenvalue weighted by molar-refractivity contribution is 0.632. The molecular formula is C76H66F2N2Si3. The molecule has 7 heteroatoms. The summed E-state index contributed by atoms with van der Waals surface area (Å²) in [4.78, 5) is 4.27. The van der Waals surface area contributed by atoms with E-state index in [0.717, 1.165) is 66.9 Å². The van der Waals surface area contributed by atoms with Crippen molar-refractivity contribution in [3.63, 3.8) is 0 Å². The quantitative estimate of drug-likeness (QED) is 0.0889. The van der Waals surface area contributed by atoms with Crippen LogP contribution in [0.3, 0.4) is 0 Å². The van der Waals surface area contributed by atoms with Crippen molar-refractivity contribution in [2.24, 2.45) is 0 Å². The molecule has 406 valence electrons. The lowest BCUT2D eigenvalue weighted by Crippen LogP contribution is -2.56. The molecule has 0 unspecified atom stereocenters. The van der Waals surface area contributed by atoms with Crippen LogP contribution in [0.4, 0.5) is 42.9 Å². The van der Waals surface area contributed by atoms with Gasteiger partial charge in [0.15, 0.2) is 11.6 Å². The highest BCUT2D eigenvalue weighted by molar-refractivity contribution is 7.03. The van der Waals surface area contributed by atoms with Crippen LogP contribution in [0.5, 0.6) is 0 Å². The van der Waals surface area contributed by atoms with E-state index in [-0.39, 0.29) is 11.6 Å². The van der Waals surface area contributed by atoms with Gasteiger partial charge in [0.2, 0.25) is 0 Å². The average molecular weight is 1130 g/mol. The molecule has 0 amide bonds. The molecule has 0 fully saturated rings. The van der Waals surface area contributed by atoms with Crippen molar-refractivity contribution >= 4 is 101 Å². The lowest BCUT2D eigenvalue weighted by Gasteiger charge is -2.36. The Hall–Kier alpha value is -8.73. The van der Waals surface area contributed by atoms with Gasteiger partial charge in [0, 0.05) is 33.9 Å². The van der Waals surface area contributed by atoms with Crippen molar-refractivity contribution in [3.8, 4) is 55.6 Å². The van der Waals surface area contributed by atoms with Crippen molar-refractivity contribution < 1.29 is 8.78 Å². The third-order valence-electron chi connectivity index (χ3n) is 17.1. The third-order valence-corrected chi connectivity index (χ3v) is 24.7. The molecule has 13 rings (SSSR count). The zero-order valence-corrected chi connectivity index (χ0v) is 51.4. The third kappa shape index (κ3) is 9.76. The summed E-state index contributed by atoms with van der Waals surface area (Å²) < 4.78 is 36.0. The molecule has 12 aromatic carbocycles. The second kappa shape index (κ2) is 20.9. The zero-order chi connectivity index (χ0) is 57.4. The van der Waals surface area contributed by atoms with Gasteiger partial charge in [-0.2, -0.15) is 0 Å². The van der Waals surface area contributed by atoms with Gasteiger partial charge in [0.05, 0.1) is 27.5 Å². The number of nitrogens with zero attached hydrogens (tertiary/aromatic N) is 2. The maximum Gasteiger partial charge on any atom is 0.155 e. The van der Waals surface area contributed by atoms with E-state index in [0.29, 0.717) is 22.5 Å². The zero-order valence-electron chi connectivity index (χ0n) is 48.4. The summed E-state index contributed by atoms with van der Waals surface area (Å²) in [6, 6.07) is 88.9. The Morgan fingerprint density at radius 3 is 1.19 bits per heavy atom. The molecule has 0 atom stereocenters. The Bertz CT molecular complexity index is 4420. The van der Waals surface area contributed by atoms with Gasteiger partial charge in [-0.05, 0) is 155 Å². The number of fused-ring (bicyclic) bond motifs is 4. The second-order valence-corrected chi connectivity index (χ2v) is 39.3. The van der Waals surface area contributed by atoms with Crippen LogP contribution in [-0.4, -0.2) is 24.2 Å². The van der Waals surface area contributed by atoms with Crippen LogP contribution < -0.4 is 30.5 Å². The molecule has 1 aliphatic rings. The molecule has 83 heavy (non-hydrogen) atoms. The fourth-order valence-corrected chi connectivity index (χ4v) is 17.9. The number of benzene rings is 12. The van der Waals surface area contributed by atoms with Crippen molar-refractivity contribution in [1.82, 2.24) is 0 Å². The topological polar surface area (TPSA) is 6.48 Å². The Balaban J connectivity index is 0.999. The minimum absolute atomic E-state index is 0.272. The predicted octanol–water partition coefficient (Wildman–Crippen LogP) is 19.8. The molecule has 0 aromatic heterocycles. The van der Waals surface area contributed by atoms with Crippen LogP contribution in [0.25, 0.3) is 77.2 Å². The Morgan fingerprint density at radius 1 is 0.313 bits per heavy atom. The summed E-state index contributed by atoms with van der Waals surface area (Å²) in [6.45, 7) is 19.1. The van der Waals surface area contributed by atoms with Gasteiger partial charge in [-0.15, -0.1) is 0 Å². The number of anilines is 6. The van der Waals surface area contributed by atoms with Gasteiger partial charge >= 0.3 is 0 Å². The molecule has 0 N–H and O–H groups in total. The first kappa shape index (κ1) is 53.6. The Morgan fingerprint density at radius 2 is 0.735 bits per heavy atom. The van der Waals surface area contributed by atoms with Crippen LogP contribution >= 0.6 is 0 Å². The Kier molecular flexibility index (Phi) is 13.5. The van der Waals surface area contributed by atoms with Crippen molar-refractivity contribution in [2.75, 3.05) is 9.80 Å².